The second-order valence-corrected chi connectivity index (χ2v) is 6.47. The van der Waals surface area contributed by atoms with Gasteiger partial charge >= 0.3 is 5.38 Å². The summed E-state index contributed by atoms with van der Waals surface area (Å²) in [6.45, 7) is 1.49. The highest BCUT2D eigenvalue weighted by molar-refractivity contribution is 8.00. The van der Waals surface area contributed by atoms with Crippen LogP contribution in [-0.4, -0.2) is 50.0 Å². The van der Waals surface area contributed by atoms with Gasteiger partial charge in [-0.15, -0.1) is 16.2 Å². The molecular weight excluding hydrogens is 355 g/mol. The van der Waals surface area contributed by atoms with Gasteiger partial charge in [0.25, 0.3) is 5.91 Å². The SMILES string of the molecule is CCN1C(C(O)C(=O)Nc2ccccc2)SC(C(F)(F)Cl)N1F. The van der Waals surface area contributed by atoms with Crippen molar-refractivity contribution in [3.05, 3.63) is 30.3 Å². The maximum atomic E-state index is 14.0. The number of para-hydroxylation sites is 1. The number of carbonyl (C=O) groups excluding carboxylic acids is 1. The first-order chi connectivity index (χ1) is 10.8. The molecule has 0 aliphatic carbocycles. The standard InChI is InChI=1S/C13H15ClF3N3O2S/c1-2-19-11(23-12(20(19)17)13(14,15)16)9(21)10(22)18-8-6-4-3-5-7-8/h3-7,9,11-12,21H,2H2,1H3,(H,18,22). The Morgan fingerprint density at radius 2 is 2.09 bits per heavy atom. The summed E-state index contributed by atoms with van der Waals surface area (Å²) in [5.41, 5.74) is 0.430. The van der Waals surface area contributed by atoms with Crippen LogP contribution in [0.15, 0.2) is 30.3 Å². The van der Waals surface area contributed by atoms with E-state index in [1.54, 1.807) is 30.3 Å². The Morgan fingerprint density at radius 1 is 1.48 bits per heavy atom. The summed E-state index contributed by atoms with van der Waals surface area (Å²) in [5, 5.41) is 6.08. The van der Waals surface area contributed by atoms with Crippen molar-refractivity contribution in [1.82, 2.24) is 10.2 Å². The number of rotatable bonds is 5. The minimum Gasteiger partial charge on any atom is -0.381 e. The Balaban J connectivity index is 2.11. The number of halogens is 4. The second-order valence-electron chi connectivity index (χ2n) is 4.77. The maximum absolute atomic E-state index is 14.0. The van der Waals surface area contributed by atoms with E-state index >= 15 is 0 Å². The highest BCUT2D eigenvalue weighted by Gasteiger charge is 2.55. The number of amides is 1. The van der Waals surface area contributed by atoms with Gasteiger partial charge in [-0.2, -0.15) is 13.8 Å². The highest BCUT2D eigenvalue weighted by atomic mass is 35.5. The fraction of sp³-hybridized carbons (Fsp3) is 0.462. The summed E-state index contributed by atoms with van der Waals surface area (Å²) in [6.07, 6.45) is -1.72. The van der Waals surface area contributed by atoms with Crippen molar-refractivity contribution in [2.24, 2.45) is 0 Å². The van der Waals surface area contributed by atoms with Crippen molar-refractivity contribution in [3.8, 4) is 0 Å². The van der Waals surface area contributed by atoms with Crippen LogP contribution in [0.25, 0.3) is 0 Å². The van der Waals surface area contributed by atoms with E-state index in [9.17, 15) is 23.2 Å². The summed E-state index contributed by atoms with van der Waals surface area (Å²) in [4.78, 5) is 12.1. The van der Waals surface area contributed by atoms with Gasteiger partial charge in [-0.1, -0.05) is 30.4 Å². The normalized spacial score (nSPS) is 24.6. The van der Waals surface area contributed by atoms with Crippen LogP contribution in [0, 0.1) is 0 Å². The molecule has 3 atom stereocenters. The average Bonchev–Trinajstić information content (AvgIpc) is 2.84. The fourth-order valence-electron chi connectivity index (χ4n) is 2.11. The van der Waals surface area contributed by atoms with Crippen LogP contribution in [0.2, 0.25) is 0 Å². The third kappa shape index (κ3) is 4.10. The number of benzene rings is 1. The predicted molar refractivity (Wildman–Crippen MR) is 82.4 cm³/mol. The van der Waals surface area contributed by atoms with E-state index in [1.165, 1.54) is 6.92 Å². The van der Waals surface area contributed by atoms with E-state index in [1.807, 2.05) is 0 Å². The molecule has 2 N–H and O–H groups in total. The van der Waals surface area contributed by atoms with Crippen molar-refractivity contribution < 1.29 is 23.2 Å². The summed E-state index contributed by atoms with van der Waals surface area (Å²) in [6, 6.07) is 8.30. The number of aliphatic hydroxyl groups is 1. The summed E-state index contributed by atoms with van der Waals surface area (Å²) < 4.78 is 40.4. The van der Waals surface area contributed by atoms with Gasteiger partial charge in [0.05, 0.1) is 0 Å². The van der Waals surface area contributed by atoms with Crippen LogP contribution >= 0.6 is 23.4 Å². The fourth-order valence-corrected chi connectivity index (χ4v) is 3.64. The third-order valence-corrected chi connectivity index (χ3v) is 5.03. The molecule has 2 rings (SSSR count). The molecule has 1 heterocycles. The number of thioether (sulfide) groups is 1. The Morgan fingerprint density at radius 3 is 2.61 bits per heavy atom. The van der Waals surface area contributed by atoms with Gasteiger partial charge in [-0.05, 0) is 23.7 Å². The lowest BCUT2D eigenvalue weighted by molar-refractivity contribution is -0.206. The van der Waals surface area contributed by atoms with Gasteiger partial charge < -0.3 is 10.4 Å². The number of nitrogens with zero attached hydrogens (tertiary/aromatic N) is 2. The number of nitrogens with one attached hydrogen (secondary N) is 1. The Hall–Kier alpha value is -1.000. The van der Waals surface area contributed by atoms with E-state index in [-0.39, 0.29) is 11.8 Å². The van der Waals surface area contributed by atoms with E-state index in [0.29, 0.717) is 17.4 Å². The van der Waals surface area contributed by atoms with Crippen LogP contribution in [0.1, 0.15) is 6.92 Å². The minimum absolute atomic E-state index is 0.0205. The molecule has 1 amide bonds. The first-order valence-electron chi connectivity index (χ1n) is 6.73. The largest absolute Gasteiger partial charge is 0.381 e. The zero-order valence-electron chi connectivity index (χ0n) is 12.0. The van der Waals surface area contributed by atoms with Crippen LogP contribution in [0.3, 0.4) is 0 Å². The highest BCUT2D eigenvalue weighted by Crippen LogP contribution is 2.45. The van der Waals surface area contributed by atoms with Crippen LogP contribution in [-0.2, 0) is 4.79 Å². The molecule has 0 saturated carbocycles. The molecule has 0 spiro atoms. The number of hydrazine groups is 1. The van der Waals surface area contributed by atoms with E-state index in [0.717, 1.165) is 5.01 Å². The van der Waals surface area contributed by atoms with Gasteiger partial charge in [0.2, 0.25) is 0 Å². The molecule has 1 fully saturated rings. The molecule has 128 valence electrons. The average molecular weight is 370 g/mol. The first-order valence-corrected chi connectivity index (χ1v) is 8.05. The molecule has 0 radical (unpaired) electrons. The lowest BCUT2D eigenvalue weighted by Crippen LogP contribution is -2.48. The van der Waals surface area contributed by atoms with Gasteiger partial charge in [0, 0.05) is 12.2 Å². The lowest BCUT2D eigenvalue weighted by Gasteiger charge is -2.27. The molecule has 0 aromatic heterocycles. The van der Waals surface area contributed by atoms with Crippen molar-refractivity contribution in [2.45, 2.75) is 29.2 Å². The van der Waals surface area contributed by atoms with Crippen LogP contribution < -0.4 is 5.32 Å². The number of hydrogen-bond donors (Lipinski definition) is 2. The number of alkyl halides is 3. The molecular formula is C13H15ClF3N3O2S. The number of likely N-dealkylation sites (N-methyl/N-ethyl adjacent to an activating group) is 1. The molecule has 23 heavy (non-hydrogen) atoms. The quantitative estimate of drug-likeness (QED) is 0.617. The predicted octanol–water partition coefficient (Wildman–Crippen LogP) is 2.64. The molecule has 1 aliphatic rings. The number of hydrogen-bond acceptors (Lipinski definition) is 5. The summed E-state index contributed by atoms with van der Waals surface area (Å²) >= 11 is 5.28. The molecule has 1 aromatic rings. The van der Waals surface area contributed by atoms with Gasteiger partial charge in [0.15, 0.2) is 11.5 Å². The topological polar surface area (TPSA) is 55.8 Å². The molecule has 1 aliphatic heterocycles. The number of carbonyl (C=O) groups is 1. The monoisotopic (exact) mass is 369 g/mol. The number of aliphatic hydroxyl groups excluding tert-OH is 1. The molecule has 5 nitrogen and oxygen atoms in total. The summed E-state index contributed by atoms with van der Waals surface area (Å²) in [7, 11) is 0. The van der Waals surface area contributed by atoms with Gasteiger partial charge in [0.1, 0.15) is 5.37 Å². The molecule has 1 saturated heterocycles. The van der Waals surface area contributed by atoms with Crippen molar-refractivity contribution >= 4 is 35.0 Å². The Kier molecular flexibility index (Phi) is 5.79. The molecule has 1 aromatic carbocycles. The minimum atomic E-state index is -3.85. The molecule has 3 unspecified atom stereocenters. The van der Waals surface area contributed by atoms with E-state index in [2.05, 4.69) is 5.32 Å². The maximum Gasteiger partial charge on any atom is 0.350 e. The molecule has 10 heteroatoms. The first kappa shape index (κ1) is 18.3. The van der Waals surface area contributed by atoms with E-state index in [4.69, 9.17) is 11.6 Å². The van der Waals surface area contributed by atoms with E-state index < -0.39 is 28.1 Å². The molecule has 0 bridgehead atoms. The van der Waals surface area contributed by atoms with Crippen molar-refractivity contribution in [1.29, 1.82) is 0 Å². The summed E-state index contributed by atoms with van der Waals surface area (Å²) in [5.74, 6) is -0.820. The zero-order valence-corrected chi connectivity index (χ0v) is 13.6. The van der Waals surface area contributed by atoms with Crippen LogP contribution in [0.5, 0.6) is 0 Å². The Labute approximate surface area is 140 Å². The van der Waals surface area contributed by atoms with Crippen molar-refractivity contribution in [2.75, 3.05) is 11.9 Å². The number of anilines is 1. The Bertz CT molecular complexity index is 549. The van der Waals surface area contributed by atoms with Crippen LogP contribution in [0.4, 0.5) is 18.9 Å². The second kappa shape index (κ2) is 7.27. The smallest absolute Gasteiger partial charge is 0.350 e. The third-order valence-electron chi connectivity index (χ3n) is 3.19. The van der Waals surface area contributed by atoms with Gasteiger partial charge in [-0.25, -0.2) is 0 Å². The van der Waals surface area contributed by atoms with Crippen molar-refractivity contribution in [3.63, 3.8) is 0 Å². The lowest BCUT2D eigenvalue weighted by atomic mass is 10.2. The zero-order chi connectivity index (χ0) is 17.2. The van der Waals surface area contributed by atoms with Gasteiger partial charge in [-0.3, -0.25) is 4.79 Å².